The van der Waals surface area contributed by atoms with Crippen LogP contribution in [0.2, 0.25) is 0 Å². The van der Waals surface area contributed by atoms with Crippen LogP contribution in [0.5, 0.6) is 0 Å². The molecule has 2 atom stereocenters. The van der Waals surface area contributed by atoms with E-state index in [4.69, 9.17) is 20.6 Å². The van der Waals surface area contributed by atoms with Crippen LogP contribution < -0.4 is 0 Å². The highest BCUT2D eigenvalue weighted by molar-refractivity contribution is 5.83. The van der Waals surface area contributed by atoms with Crippen LogP contribution in [0.4, 0.5) is 0 Å². The number of carbonyl (C=O) groups excluding carboxylic acids is 2. The summed E-state index contributed by atoms with van der Waals surface area (Å²) in [5.74, 6) is 3.73. The summed E-state index contributed by atoms with van der Waals surface area (Å²) < 4.78 is 15.3. The predicted molar refractivity (Wildman–Crippen MR) is 178 cm³/mol. The Morgan fingerprint density at radius 1 is 0.810 bits per heavy atom. The van der Waals surface area contributed by atoms with E-state index in [1.54, 1.807) is 13.2 Å². The van der Waals surface area contributed by atoms with Crippen LogP contribution in [-0.4, -0.2) is 37.4 Å². The summed E-state index contributed by atoms with van der Waals surface area (Å²) in [6.07, 6.45) is 25.6. The number of carbonyl (C=O) groups is 2. The molecule has 0 bridgehead atoms. The van der Waals surface area contributed by atoms with E-state index in [1.807, 2.05) is 39.8 Å². The minimum Gasteiger partial charge on any atom is -0.460 e. The van der Waals surface area contributed by atoms with Crippen LogP contribution in [0.3, 0.4) is 0 Å². The third kappa shape index (κ3) is 28.9. The summed E-state index contributed by atoms with van der Waals surface area (Å²) >= 11 is 0. The molecule has 0 spiro atoms. The number of methoxy groups -OCH3 is 1. The molecule has 0 aromatic rings. The minimum atomic E-state index is -0.380. The fourth-order valence-corrected chi connectivity index (χ4v) is 3.95. The normalized spacial score (nSPS) is 14.1. The summed E-state index contributed by atoms with van der Waals surface area (Å²) in [6.45, 7) is 20.8. The van der Waals surface area contributed by atoms with Crippen molar-refractivity contribution >= 4 is 11.9 Å². The van der Waals surface area contributed by atoms with Crippen LogP contribution in [-0.2, 0) is 23.8 Å². The van der Waals surface area contributed by atoms with E-state index in [-0.39, 0.29) is 30.3 Å². The lowest BCUT2D eigenvalue weighted by Crippen LogP contribution is -2.22. The van der Waals surface area contributed by atoms with Gasteiger partial charge in [0, 0.05) is 19.3 Å². The Hall–Kier alpha value is -2.58. The van der Waals surface area contributed by atoms with E-state index in [1.165, 1.54) is 38.2 Å². The second-order valence-corrected chi connectivity index (χ2v) is 12.7. The molecule has 0 radical (unpaired) electrons. The third-order valence-corrected chi connectivity index (χ3v) is 6.69. The predicted octanol–water partition coefficient (Wildman–Crippen LogP) is 9.58. The average molecular weight is 587 g/mol. The highest BCUT2D eigenvalue weighted by atomic mass is 16.5. The number of hydrogen-bond acceptors (Lipinski definition) is 5. The zero-order valence-electron chi connectivity index (χ0n) is 28.8. The van der Waals surface area contributed by atoms with Gasteiger partial charge in [-0.1, -0.05) is 90.0 Å². The topological polar surface area (TPSA) is 61.8 Å². The maximum absolute atomic E-state index is 11.5. The van der Waals surface area contributed by atoms with Gasteiger partial charge in [0.05, 0.1) is 11.7 Å². The van der Waals surface area contributed by atoms with Crippen LogP contribution >= 0.6 is 0 Å². The number of ether oxygens (including phenoxy) is 3. The molecule has 0 amide bonds. The summed E-state index contributed by atoms with van der Waals surface area (Å²) in [5, 5.41) is 0. The lowest BCUT2D eigenvalue weighted by molar-refractivity contribution is -0.141. The van der Waals surface area contributed by atoms with Gasteiger partial charge in [-0.2, -0.15) is 0 Å². The number of esters is 2. The van der Waals surface area contributed by atoms with E-state index >= 15 is 0 Å². The average Bonchev–Trinajstić information content (AvgIpc) is 2.87. The van der Waals surface area contributed by atoms with E-state index in [9.17, 15) is 9.59 Å². The largest absolute Gasteiger partial charge is 0.460 e. The van der Waals surface area contributed by atoms with Crippen molar-refractivity contribution in [2.75, 3.05) is 13.7 Å². The maximum atomic E-state index is 11.5. The van der Waals surface area contributed by atoms with E-state index < -0.39 is 0 Å². The lowest BCUT2D eigenvalue weighted by Gasteiger charge is -2.23. The smallest absolute Gasteiger partial charge is 0.331 e. The van der Waals surface area contributed by atoms with Gasteiger partial charge < -0.3 is 14.2 Å². The maximum Gasteiger partial charge on any atom is 0.331 e. The van der Waals surface area contributed by atoms with Crippen LogP contribution in [0.15, 0.2) is 47.6 Å². The first-order chi connectivity index (χ1) is 19.6. The first-order valence-corrected chi connectivity index (χ1v) is 15.7. The molecular weight excluding hydrogens is 524 g/mol. The van der Waals surface area contributed by atoms with Crippen molar-refractivity contribution in [2.45, 2.75) is 132 Å². The Bertz CT molecular complexity index is 896. The molecule has 0 aliphatic carbocycles. The molecule has 0 fully saturated rings. The molecule has 240 valence electrons. The monoisotopic (exact) mass is 586 g/mol. The van der Waals surface area contributed by atoms with Crippen molar-refractivity contribution in [3.8, 4) is 12.3 Å². The molecule has 0 aliphatic heterocycles. The van der Waals surface area contributed by atoms with Gasteiger partial charge in [0.2, 0.25) is 0 Å². The summed E-state index contributed by atoms with van der Waals surface area (Å²) in [5.41, 5.74) is 1.80. The van der Waals surface area contributed by atoms with Crippen LogP contribution in [0.1, 0.15) is 121 Å². The van der Waals surface area contributed by atoms with Crippen LogP contribution in [0, 0.1) is 30.1 Å². The fraction of sp³-hybridized carbons (Fsp3) is 0.676. The van der Waals surface area contributed by atoms with Gasteiger partial charge in [0.15, 0.2) is 6.61 Å². The van der Waals surface area contributed by atoms with Gasteiger partial charge in [-0.3, -0.25) is 0 Å². The van der Waals surface area contributed by atoms with Crippen molar-refractivity contribution < 1.29 is 23.8 Å². The molecule has 0 rings (SSSR count). The number of allylic oxidation sites excluding steroid dienone is 6. The SMILES string of the molecule is C#CCOC(=O)C=C(C)C=CCC(C)CCCC(C)C.COC(C)(C)CCCC(C)CC=CC(C)=CC(=O)OC(C)C. The van der Waals surface area contributed by atoms with Crippen molar-refractivity contribution in [2.24, 2.45) is 17.8 Å². The molecule has 5 heteroatoms. The lowest BCUT2D eigenvalue weighted by atomic mass is 9.95. The van der Waals surface area contributed by atoms with E-state index in [0.29, 0.717) is 11.8 Å². The molecule has 0 saturated carbocycles. The molecular formula is C37H62O5. The van der Waals surface area contributed by atoms with Gasteiger partial charge in [-0.25, -0.2) is 9.59 Å². The summed E-state index contributed by atoms with van der Waals surface area (Å²) in [4.78, 5) is 22.8. The Morgan fingerprint density at radius 2 is 1.31 bits per heavy atom. The molecule has 0 aromatic carbocycles. The highest BCUT2D eigenvalue weighted by Crippen LogP contribution is 2.21. The Labute approximate surface area is 259 Å². The van der Waals surface area contributed by atoms with E-state index in [2.05, 4.69) is 59.6 Å². The second-order valence-electron chi connectivity index (χ2n) is 12.7. The highest BCUT2D eigenvalue weighted by Gasteiger charge is 2.15. The molecule has 42 heavy (non-hydrogen) atoms. The first kappa shape index (κ1) is 41.6. The molecule has 0 N–H and O–H groups in total. The number of hydrogen-bond donors (Lipinski definition) is 0. The van der Waals surface area contributed by atoms with Gasteiger partial charge >= 0.3 is 11.9 Å². The minimum absolute atomic E-state index is 0.0222. The van der Waals surface area contributed by atoms with Crippen LogP contribution in [0.25, 0.3) is 0 Å². The number of terminal acetylenes is 1. The van der Waals surface area contributed by atoms with Gasteiger partial charge in [0.25, 0.3) is 0 Å². The zero-order chi connectivity index (χ0) is 32.6. The van der Waals surface area contributed by atoms with Gasteiger partial charge in [-0.15, -0.1) is 6.42 Å². The Morgan fingerprint density at radius 3 is 1.76 bits per heavy atom. The number of rotatable bonds is 19. The molecule has 0 aliphatic rings. The summed E-state index contributed by atoms with van der Waals surface area (Å²) in [7, 11) is 1.77. The molecule has 0 heterocycles. The molecule has 5 nitrogen and oxygen atoms in total. The Balaban J connectivity index is 0. The fourth-order valence-electron chi connectivity index (χ4n) is 3.95. The second kappa shape index (κ2) is 25.0. The van der Waals surface area contributed by atoms with Crippen molar-refractivity contribution in [3.63, 3.8) is 0 Å². The van der Waals surface area contributed by atoms with Gasteiger partial charge in [-0.05, 0) is 89.7 Å². The quantitative estimate of drug-likeness (QED) is 0.0653. The Kier molecular flexibility index (Phi) is 24.7. The first-order valence-electron chi connectivity index (χ1n) is 15.7. The van der Waals surface area contributed by atoms with Crippen molar-refractivity contribution in [3.05, 3.63) is 47.6 Å². The van der Waals surface area contributed by atoms with Crippen molar-refractivity contribution in [1.82, 2.24) is 0 Å². The molecule has 0 aromatic heterocycles. The van der Waals surface area contributed by atoms with E-state index in [0.717, 1.165) is 36.3 Å². The van der Waals surface area contributed by atoms with Gasteiger partial charge in [0.1, 0.15) is 0 Å². The standard InChI is InChI=1S/C19H34O3.C18H28O2/c1-15(2)22-18(20)14-17(4)11-8-10-16(3)12-9-13-19(5,6)21-7;1-6-13-20-18(19)14-17(5)12-8-11-16(4)10-7-9-15(2)3/h8,11,14-16H,9-10,12-13H2,1-7H3;1,8,12,14-16H,7,9-11,13H2,2-5H3. The molecule has 2 unspecified atom stereocenters. The van der Waals surface area contributed by atoms with Crippen molar-refractivity contribution in [1.29, 1.82) is 0 Å². The summed E-state index contributed by atoms with van der Waals surface area (Å²) in [6, 6.07) is 0. The third-order valence-electron chi connectivity index (χ3n) is 6.69. The molecule has 0 saturated heterocycles. The zero-order valence-corrected chi connectivity index (χ0v) is 28.8.